The number of hydrogen-bond donors (Lipinski definition) is 1. The van der Waals surface area contributed by atoms with Crippen LogP contribution in [0.2, 0.25) is 5.02 Å². The van der Waals surface area contributed by atoms with Gasteiger partial charge in [0.1, 0.15) is 10.8 Å². The summed E-state index contributed by atoms with van der Waals surface area (Å²) in [6, 6.07) is 9.50. The third kappa shape index (κ3) is 3.18. The molecule has 19 heavy (non-hydrogen) atoms. The van der Waals surface area contributed by atoms with Crippen LogP contribution < -0.4 is 10.5 Å². The second-order valence-electron chi connectivity index (χ2n) is 5.40. The van der Waals surface area contributed by atoms with E-state index in [4.69, 9.17) is 22.1 Å². The van der Waals surface area contributed by atoms with Crippen molar-refractivity contribution in [1.29, 1.82) is 0 Å². The van der Waals surface area contributed by atoms with Gasteiger partial charge in [0, 0.05) is 5.56 Å². The molecule has 0 aliphatic heterocycles. The summed E-state index contributed by atoms with van der Waals surface area (Å²) in [4.78, 5) is 4.12. The molecular formula is C15H17ClN2O. The SMILES string of the molecule is CC(C)(C)c1ccccc1Oc1ncc(N)cc1Cl. The molecule has 0 fully saturated rings. The zero-order valence-electron chi connectivity index (χ0n) is 11.3. The van der Waals surface area contributed by atoms with Crippen molar-refractivity contribution in [2.45, 2.75) is 26.2 Å². The minimum atomic E-state index is -0.0170. The number of benzene rings is 1. The van der Waals surface area contributed by atoms with Gasteiger partial charge in [-0.15, -0.1) is 0 Å². The van der Waals surface area contributed by atoms with Crippen molar-refractivity contribution in [2.75, 3.05) is 5.73 Å². The van der Waals surface area contributed by atoms with Gasteiger partial charge in [-0.2, -0.15) is 0 Å². The Morgan fingerprint density at radius 2 is 1.89 bits per heavy atom. The van der Waals surface area contributed by atoms with Crippen molar-refractivity contribution in [3.63, 3.8) is 0 Å². The average Bonchev–Trinajstić information content (AvgIpc) is 2.32. The van der Waals surface area contributed by atoms with Crippen LogP contribution in [0.25, 0.3) is 0 Å². The normalized spacial score (nSPS) is 11.4. The second-order valence-corrected chi connectivity index (χ2v) is 5.81. The molecule has 0 radical (unpaired) electrons. The lowest BCUT2D eigenvalue weighted by molar-refractivity contribution is 0.440. The lowest BCUT2D eigenvalue weighted by atomic mass is 9.86. The number of ether oxygens (including phenoxy) is 1. The number of para-hydroxylation sites is 1. The number of halogens is 1. The highest BCUT2D eigenvalue weighted by atomic mass is 35.5. The fourth-order valence-corrected chi connectivity index (χ4v) is 2.01. The molecule has 0 spiro atoms. The number of hydrogen-bond acceptors (Lipinski definition) is 3. The topological polar surface area (TPSA) is 48.1 Å². The highest BCUT2D eigenvalue weighted by Gasteiger charge is 2.19. The van der Waals surface area contributed by atoms with E-state index in [0.29, 0.717) is 16.6 Å². The maximum absolute atomic E-state index is 6.08. The Hall–Kier alpha value is -1.74. The van der Waals surface area contributed by atoms with Crippen molar-refractivity contribution in [3.05, 3.63) is 47.1 Å². The standard InChI is InChI=1S/C15H17ClN2O/c1-15(2,3)11-6-4-5-7-13(11)19-14-12(16)8-10(17)9-18-14/h4-9H,17H2,1-3H3. The van der Waals surface area contributed by atoms with Crippen molar-refractivity contribution in [1.82, 2.24) is 4.98 Å². The van der Waals surface area contributed by atoms with Gasteiger partial charge < -0.3 is 10.5 Å². The largest absolute Gasteiger partial charge is 0.437 e. The molecule has 0 aliphatic rings. The van der Waals surface area contributed by atoms with E-state index in [1.54, 1.807) is 6.07 Å². The van der Waals surface area contributed by atoms with Crippen LogP contribution in [0.4, 0.5) is 5.69 Å². The highest BCUT2D eigenvalue weighted by Crippen LogP contribution is 2.35. The maximum Gasteiger partial charge on any atom is 0.238 e. The quantitative estimate of drug-likeness (QED) is 0.884. The van der Waals surface area contributed by atoms with Crippen LogP contribution in [0.5, 0.6) is 11.6 Å². The van der Waals surface area contributed by atoms with E-state index < -0.39 is 0 Å². The van der Waals surface area contributed by atoms with Gasteiger partial charge in [0.15, 0.2) is 0 Å². The maximum atomic E-state index is 6.08. The van der Waals surface area contributed by atoms with E-state index in [9.17, 15) is 0 Å². The minimum absolute atomic E-state index is 0.0170. The van der Waals surface area contributed by atoms with E-state index in [1.807, 2.05) is 24.3 Å². The van der Waals surface area contributed by atoms with Gasteiger partial charge in [0.05, 0.1) is 11.9 Å². The number of nitrogens with zero attached hydrogens (tertiary/aromatic N) is 1. The molecule has 100 valence electrons. The average molecular weight is 277 g/mol. The molecule has 1 aromatic carbocycles. The summed E-state index contributed by atoms with van der Waals surface area (Å²) in [5.74, 6) is 1.13. The molecule has 2 aromatic rings. The fraction of sp³-hybridized carbons (Fsp3) is 0.267. The molecule has 0 saturated carbocycles. The Kier molecular flexibility index (Phi) is 3.67. The van der Waals surface area contributed by atoms with Gasteiger partial charge in [0.2, 0.25) is 5.88 Å². The Morgan fingerprint density at radius 3 is 2.53 bits per heavy atom. The van der Waals surface area contributed by atoms with Crippen LogP contribution in [0.15, 0.2) is 36.5 Å². The molecule has 0 aliphatic carbocycles. The van der Waals surface area contributed by atoms with Crippen LogP contribution in [0.3, 0.4) is 0 Å². The minimum Gasteiger partial charge on any atom is -0.437 e. The third-order valence-electron chi connectivity index (χ3n) is 2.73. The predicted molar refractivity (Wildman–Crippen MR) is 78.9 cm³/mol. The van der Waals surface area contributed by atoms with Gasteiger partial charge in [-0.05, 0) is 17.5 Å². The Bertz CT molecular complexity index is 591. The van der Waals surface area contributed by atoms with Crippen LogP contribution in [0.1, 0.15) is 26.3 Å². The van der Waals surface area contributed by atoms with Crippen molar-refractivity contribution in [2.24, 2.45) is 0 Å². The summed E-state index contributed by atoms with van der Waals surface area (Å²) in [5, 5.41) is 0.406. The number of anilines is 1. The number of pyridine rings is 1. The number of aromatic nitrogens is 1. The first-order chi connectivity index (χ1) is 8.88. The summed E-state index contributed by atoms with van der Waals surface area (Å²) in [6.45, 7) is 6.40. The first-order valence-electron chi connectivity index (χ1n) is 6.06. The van der Waals surface area contributed by atoms with Gasteiger partial charge >= 0.3 is 0 Å². The number of nitrogen functional groups attached to an aromatic ring is 1. The monoisotopic (exact) mass is 276 g/mol. The molecule has 2 N–H and O–H groups in total. The summed E-state index contributed by atoms with van der Waals surface area (Å²) in [5.41, 5.74) is 7.22. The van der Waals surface area contributed by atoms with Crippen LogP contribution in [0, 0.1) is 0 Å². The first kappa shape index (κ1) is 13.7. The van der Waals surface area contributed by atoms with Gasteiger partial charge in [0.25, 0.3) is 0 Å². The van der Waals surface area contributed by atoms with E-state index in [1.165, 1.54) is 6.20 Å². The van der Waals surface area contributed by atoms with E-state index in [2.05, 4.69) is 25.8 Å². The fourth-order valence-electron chi connectivity index (χ4n) is 1.79. The predicted octanol–water partition coefficient (Wildman–Crippen LogP) is 4.41. The first-order valence-corrected chi connectivity index (χ1v) is 6.44. The van der Waals surface area contributed by atoms with E-state index in [0.717, 1.165) is 11.3 Å². The van der Waals surface area contributed by atoms with E-state index >= 15 is 0 Å². The van der Waals surface area contributed by atoms with Crippen molar-refractivity contribution in [3.8, 4) is 11.6 Å². The molecule has 0 amide bonds. The molecular weight excluding hydrogens is 260 g/mol. The smallest absolute Gasteiger partial charge is 0.238 e. The van der Waals surface area contributed by atoms with Gasteiger partial charge in [-0.25, -0.2) is 4.98 Å². The Balaban J connectivity index is 2.39. The lowest BCUT2D eigenvalue weighted by Crippen LogP contribution is -2.12. The summed E-state index contributed by atoms with van der Waals surface area (Å²) < 4.78 is 5.82. The molecule has 0 bridgehead atoms. The van der Waals surface area contributed by atoms with Crippen LogP contribution in [-0.2, 0) is 5.41 Å². The molecule has 1 aromatic heterocycles. The van der Waals surface area contributed by atoms with Crippen molar-refractivity contribution >= 4 is 17.3 Å². The molecule has 3 nitrogen and oxygen atoms in total. The Labute approximate surface area is 118 Å². The van der Waals surface area contributed by atoms with Crippen molar-refractivity contribution < 1.29 is 4.74 Å². The number of rotatable bonds is 2. The zero-order chi connectivity index (χ0) is 14.0. The highest BCUT2D eigenvalue weighted by molar-refractivity contribution is 6.32. The molecule has 0 atom stereocenters. The molecule has 4 heteroatoms. The molecule has 1 heterocycles. The molecule has 0 unspecified atom stereocenters. The van der Waals surface area contributed by atoms with E-state index in [-0.39, 0.29) is 5.41 Å². The zero-order valence-corrected chi connectivity index (χ0v) is 12.0. The van der Waals surface area contributed by atoms with Crippen LogP contribution in [-0.4, -0.2) is 4.98 Å². The Morgan fingerprint density at radius 1 is 1.21 bits per heavy atom. The summed E-state index contributed by atoms with van der Waals surface area (Å²) >= 11 is 6.08. The van der Waals surface area contributed by atoms with Gasteiger partial charge in [-0.3, -0.25) is 0 Å². The third-order valence-corrected chi connectivity index (χ3v) is 3.00. The number of nitrogens with two attached hydrogens (primary N) is 1. The van der Waals surface area contributed by atoms with Crippen LogP contribution >= 0.6 is 11.6 Å². The van der Waals surface area contributed by atoms with Gasteiger partial charge in [-0.1, -0.05) is 50.6 Å². The second kappa shape index (κ2) is 5.10. The molecule has 0 saturated heterocycles. The summed E-state index contributed by atoms with van der Waals surface area (Å²) in [7, 11) is 0. The summed E-state index contributed by atoms with van der Waals surface area (Å²) in [6.07, 6.45) is 1.53. The lowest BCUT2D eigenvalue weighted by Gasteiger charge is -2.22. The molecule has 2 rings (SSSR count).